The summed E-state index contributed by atoms with van der Waals surface area (Å²) in [6.45, 7) is 2.25. The monoisotopic (exact) mass is 379 g/mol. The van der Waals surface area contributed by atoms with Gasteiger partial charge in [0.2, 0.25) is 5.91 Å². The summed E-state index contributed by atoms with van der Waals surface area (Å²) >= 11 is 0. The third-order valence-electron chi connectivity index (χ3n) is 3.62. The van der Waals surface area contributed by atoms with E-state index < -0.39 is 17.6 Å². The fourth-order valence-corrected chi connectivity index (χ4v) is 2.33. The summed E-state index contributed by atoms with van der Waals surface area (Å²) in [6.07, 6.45) is -3.75. The van der Waals surface area contributed by atoms with Crippen molar-refractivity contribution in [3.8, 4) is 0 Å². The van der Waals surface area contributed by atoms with Crippen molar-refractivity contribution in [1.82, 2.24) is 5.32 Å². The van der Waals surface area contributed by atoms with E-state index in [0.29, 0.717) is 17.8 Å². The van der Waals surface area contributed by atoms with Crippen LogP contribution in [0.3, 0.4) is 0 Å². The Morgan fingerprint density at radius 3 is 2.48 bits per heavy atom. The number of nitrogens with one attached hydrogen (secondary N) is 3. The van der Waals surface area contributed by atoms with Gasteiger partial charge in [-0.1, -0.05) is 25.1 Å². The van der Waals surface area contributed by atoms with Crippen LogP contribution in [0.25, 0.3) is 0 Å². The van der Waals surface area contributed by atoms with Crippen LogP contribution in [0.5, 0.6) is 0 Å². The lowest BCUT2D eigenvalue weighted by Gasteiger charge is -2.14. The van der Waals surface area contributed by atoms with Gasteiger partial charge in [0, 0.05) is 17.8 Å². The third kappa shape index (κ3) is 6.02. The Labute approximate surface area is 155 Å². The summed E-state index contributed by atoms with van der Waals surface area (Å²) in [5.41, 5.74) is -0.271. The van der Waals surface area contributed by atoms with E-state index in [1.165, 1.54) is 18.2 Å². The van der Waals surface area contributed by atoms with Gasteiger partial charge in [-0.05, 0) is 36.8 Å². The number of amides is 2. The summed E-state index contributed by atoms with van der Waals surface area (Å²) in [5, 5.41) is 7.79. The van der Waals surface area contributed by atoms with Gasteiger partial charge >= 0.3 is 6.18 Å². The molecule has 2 amide bonds. The second-order valence-electron chi connectivity index (χ2n) is 5.78. The van der Waals surface area contributed by atoms with Crippen molar-refractivity contribution in [3.63, 3.8) is 0 Å². The van der Waals surface area contributed by atoms with Crippen LogP contribution in [-0.2, 0) is 11.0 Å². The topological polar surface area (TPSA) is 70.2 Å². The minimum absolute atomic E-state index is 0.232. The van der Waals surface area contributed by atoms with Crippen molar-refractivity contribution in [2.75, 3.05) is 23.7 Å². The van der Waals surface area contributed by atoms with Gasteiger partial charge in [0.25, 0.3) is 5.91 Å². The van der Waals surface area contributed by atoms with Gasteiger partial charge in [0.05, 0.1) is 17.8 Å². The van der Waals surface area contributed by atoms with E-state index in [0.717, 1.165) is 12.5 Å². The SMILES string of the molecule is CCCNC(=O)c1cccc(NCC(=O)Nc2ccccc2C(F)(F)F)c1. The van der Waals surface area contributed by atoms with Gasteiger partial charge in [-0.25, -0.2) is 0 Å². The van der Waals surface area contributed by atoms with Crippen LogP contribution in [-0.4, -0.2) is 24.9 Å². The molecule has 0 atom stereocenters. The molecule has 0 aliphatic carbocycles. The zero-order valence-corrected chi connectivity index (χ0v) is 14.7. The molecule has 5 nitrogen and oxygen atoms in total. The van der Waals surface area contributed by atoms with E-state index in [1.807, 2.05) is 6.92 Å². The highest BCUT2D eigenvalue weighted by Gasteiger charge is 2.33. The first-order valence-electron chi connectivity index (χ1n) is 8.39. The van der Waals surface area contributed by atoms with Crippen molar-refractivity contribution < 1.29 is 22.8 Å². The molecule has 0 aliphatic rings. The molecule has 2 aromatic rings. The predicted octanol–water partition coefficient (Wildman–Crippen LogP) is 3.90. The number of hydrogen-bond donors (Lipinski definition) is 3. The first-order chi connectivity index (χ1) is 12.8. The molecule has 2 rings (SSSR count). The predicted molar refractivity (Wildman–Crippen MR) is 97.6 cm³/mol. The Balaban J connectivity index is 1.98. The van der Waals surface area contributed by atoms with Crippen LogP contribution in [0.4, 0.5) is 24.5 Å². The molecule has 144 valence electrons. The van der Waals surface area contributed by atoms with Gasteiger partial charge in [0.15, 0.2) is 0 Å². The van der Waals surface area contributed by atoms with Crippen LogP contribution in [0.2, 0.25) is 0 Å². The van der Waals surface area contributed by atoms with Crippen molar-refractivity contribution >= 4 is 23.2 Å². The molecule has 0 saturated carbocycles. The number of carbonyl (C=O) groups is 2. The van der Waals surface area contributed by atoms with Gasteiger partial charge in [-0.2, -0.15) is 13.2 Å². The minimum Gasteiger partial charge on any atom is -0.376 e. The number of anilines is 2. The first-order valence-corrected chi connectivity index (χ1v) is 8.39. The van der Waals surface area contributed by atoms with E-state index in [4.69, 9.17) is 0 Å². The van der Waals surface area contributed by atoms with Crippen molar-refractivity contribution in [2.45, 2.75) is 19.5 Å². The van der Waals surface area contributed by atoms with Crippen LogP contribution in [0, 0.1) is 0 Å². The molecule has 0 aliphatic heterocycles. The fraction of sp³-hybridized carbons (Fsp3) is 0.263. The van der Waals surface area contributed by atoms with Crippen LogP contribution in [0.1, 0.15) is 29.3 Å². The lowest BCUT2D eigenvalue weighted by Crippen LogP contribution is -2.25. The molecule has 0 unspecified atom stereocenters. The maximum atomic E-state index is 13.0. The normalized spacial score (nSPS) is 11.0. The highest BCUT2D eigenvalue weighted by molar-refractivity contribution is 5.96. The van der Waals surface area contributed by atoms with Crippen molar-refractivity contribution in [3.05, 3.63) is 59.7 Å². The number of halogens is 3. The highest BCUT2D eigenvalue weighted by Crippen LogP contribution is 2.34. The average Bonchev–Trinajstić information content (AvgIpc) is 2.64. The number of carbonyl (C=O) groups excluding carboxylic acids is 2. The van der Waals surface area contributed by atoms with Gasteiger partial charge < -0.3 is 16.0 Å². The molecule has 0 spiro atoms. The van der Waals surface area contributed by atoms with E-state index in [-0.39, 0.29) is 18.1 Å². The number of para-hydroxylation sites is 1. The second-order valence-corrected chi connectivity index (χ2v) is 5.78. The highest BCUT2D eigenvalue weighted by atomic mass is 19.4. The molecule has 0 radical (unpaired) electrons. The van der Waals surface area contributed by atoms with E-state index >= 15 is 0 Å². The Hall–Kier alpha value is -3.03. The Bertz CT molecular complexity index is 807. The maximum Gasteiger partial charge on any atom is 0.418 e. The maximum absolute atomic E-state index is 13.0. The van der Waals surface area contributed by atoms with E-state index in [1.54, 1.807) is 24.3 Å². The quantitative estimate of drug-likeness (QED) is 0.683. The molecule has 0 saturated heterocycles. The second kappa shape index (κ2) is 9.07. The van der Waals surface area contributed by atoms with Crippen LogP contribution < -0.4 is 16.0 Å². The van der Waals surface area contributed by atoms with Crippen LogP contribution in [0.15, 0.2) is 48.5 Å². The molecule has 0 bridgehead atoms. The average molecular weight is 379 g/mol. The number of hydrogen-bond acceptors (Lipinski definition) is 3. The largest absolute Gasteiger partial charge is 0.418 e. The number of alkyl halides is 3. The lowest BCUT2D eigenvalue weighted by molar-refractivity contribution is -0.137. The lowest BCUT2D eigenvalue weighted by atomic mass is 10.1. The van der Waals surface area contributed by atoms with Crippen molar-refractivity contribution in [1.29, 1.82) is 0 Å². The standard InChI is InChI=1S/C19H20F3N3O2/c1-2-10-23-18(27)13-6-5-7-14(11-13)24-12-17(26)25-16-9-4-3-8-15(16)19(20,21)22/h3-9,11,24H,2,10,12H2,1H3,(H,23,27)(H,25,26). The molecule has 3 N–H and O–H groups in total. The van der Waals surface area contributed by atoms with E-state index in [9.17, 15) is 22.8 Å². The third-order valence-corrected chi connectivity index (χ3v) is 3.62. The Kier molecular flexibility index (Phi) is 6.81. The molecular weight excluding hydrogens is 359 g/mol. The van der Waals surface area contributed by atoms with E-state index in [2.05, 4.69) is 16.0 Å². The molecular formula is C19H20F3N3O2. The molecule has 0 aromatic heterocycles. The number of benzene rings is 2. The van der Waals surface area contributed by atoms with Gasteiger partial charge in [-0.15, -0.1) is 0 Å². The summed E-state index contributed by atoms with van der Waals surface area (Å²) in [5.74, 6) is -0.864. The zero-order valence-electron chi connectivity index (χ0n) is 14.7. The number of rotatable bonds is 7. The van der Waals surface area contributed by atoms with Crippen LogP contribution >= 0.6 is 0 Å². The molecule has 0 heterocycles. The van der Waals surface area contributed by atoms with Gasteiger partial charge in [-0.3, -0.25) is 9.59 Å². The Morgan fingerprint density at radius 2 is 1.78 bits per heavy atom. The minimum atomic E-state index is -4.56. The summed E-state index contributed by atoms with van der Waals surface area (Å²) in [7, 11) is 0. The molecule has 27 heavy (non-hydrogen) atoms. The summed E-state index contributed by atoms with van der Waals surface area (Å²) in [4.78, 5) is 23.9. The smallest absolute Gasteiger partial charge is 0.376 e. The molecule has 2 aromatic carbocycles. The summed E-state index contributed by atoms with van der Waals surface area (Å²) in [6, 6.07) is 11.3. The zero-order chi connectivity index (χ0) is 19.9. The summed E-state index contributed by atoms with van der Waals surface area (Å²) < 4.78 is 38.9. The molecule has 8 heteroatoms. The molecule has 0 fully saturated rings. The van der Waals surface area contributed by atoms with Crippen molar-refractivity contribution in [2.24, 2.45) is 0 Å². The Morgan fingerprint density at radius 1 is 1.04 bits per heavy atom. The fourth-order valence-electron chi connectivity index (χ4n) is 2.33. The van der Waals surface area contributed by atoms with Gasteiger partial charge in [0.1, 0.15) is 0 Å². The first kappa shape index (κ1) is 20.3.